The number of benzene rings is 1. The SMILES string of the molecule is O=C(c1cccnc1SC(F)F)N1CCN(c2ccccc2)CC1. The molecule has 1 saturated heterocycles. The number of para-hydroxylation sites is 1. The van der Waals surface area contributed by atoms with Gasteiger partial charge in [0.05, 0.1) is 5.56 Å². The minimum Gasteiger partial charge on any atom is -0.368 e. The second-order valence-electron chi connectivity index (χ2n) is 5.35. The van der Waals surface area contributed by atoms with Crippen molar-refractivity contribution in [3.05, 3.63) is 54.2 Å². The van der Waals surface area contributed by atoms with Crippen LogP contribution >= 0.6 is 11.8 Å². The van der Waals surface area contributed by atoms with Crippen LogP contribution in [0.25, 0.3) is 0 Å². The summed E-state index contributed by atoms with van der Waals surface area (Å²) in [6.07, 6.45) is 1.43. The molecule has 2 heterocycles. The number of hydrogen-bond donors (Lipinski definition) is 0. The minimum atomic E-state index is -2.60. The smallest absolute Gasteiger partial charge is 0.290 e. The number of halogens is 2. The maximum atomic E-state index is 12.7. The Morgan fingerprint density at radius 2 is 1.75 bits per heavy atom. The highest BCUT2D eigenvalue weighted by atomic mass is 32.2. The molecule has 3 rings (SSSR count). The monoisotopic (exact) mass is 349 g/mol. The molecule has 1 aromatic carbocycles. The molecule has 7 heteroatoms. The normalized spacial score (nSPS) is 15.0. The van der Waals surface area contributed by atoms with E-state index in [0.717, 1.165) is 5.69 Å². The van der Waals surface area contributed by atoms with Crippen LogP contribution in [0.15, 0.2) is 53.7 Å². The highest BCUT2D eigenvalue weighted by Gasteiger charge is 2.25. The molecule has 0 aliphatic carbocycles. The fraction of sp³-hybridized carbons (Fsp3) is 0.294. The third kappa shape index (κ3) is 3.84. The number of amides is 1. The highest BCUT2D eigenvalue weighted by Crippen LogP contribution is 2.27. The molecular formula is C17H17F2N3OS. The lowest BCUT2D eigenvalue weighted by atomic mass is 10.2. The maximum Gasteiger partial charge on any atom is 0.290 e. The molecule has 0 radical (unpaired) electrons. The van der Waals surface area contributed by atoms with Crippen LogP contribution in [0.5, 0.6) is 0 Å². The van der Waals surface area contributed by atoms with Gasteiger partial charge in [-0.05, 0) is 36.0 Å². The van der Waals surface area contributed by atoms with E-state index in [1.807, 2.05) is 30.3 Å². The predicted molar refractivity (Wildman–Crippen MR) is 90.7 cm³/mol. The summed E-state index contributed by atoms with van der Waals surface area (Å²) < 4.78 is 25.3. The number of carbonyl (C=O) groups excluding carboxylic acids is 1. The third-order valence-corrected chi connectivity index (χ3v) is 4.62. The van der Waals surface area contributed by atoms with E-state index < -0.39 is 5.76 Å². The average molecular weight is 349 g/mol. The van der Waals surface area contributed by atoms with Crippen LogP contribution in [0.3, 0.4) is 0 Å². The lowest BCUT2D eigenvalue weighted by molar-refractivity contribution is 0.0742. The van der Waals surface area contributed by atoms with Crippen molar-refractivity contribution < 1.29 is 13.6 Å². The van der Waals surface area contributed by atoms with Crippen LogP contribution in [-0.2, 0) is 0 Å². The van der Waals surface area contributed by atoms with Gasteiger partial charge >= 0.3 is 0 Å². The quantitative estimate of drug-likeness (QED) is 0.793. The van der Waals surface area contributed by atoms with Gasteiger partial charge in [0.2, 0.25) is 0 Å². The van der Waals surface area contributed by atoms with Crippen LogP contribution in [0.4, 0.5) is 14.5 Å². The Bertz CT molecular complexity index is 691. The number of carbonyl (C=O) groups is 1. The Balaban J connectivity index is 1.68. The minimum absolute atomic E-state index is 0.0861. The van der Waals surface area contributed by atoms with Crippen LogP contribution in [0.2, 0.25) is 0 Å². The topological polar surface area (TPSA) is 36.4 Å². The maximum absolute atomic E-state index is 12.7. The van der Waals surface area contributed by atoms with Gasteiger partial charge in [0.15, 0.2) is 0 Å². The van der Waals surface area contributed by atoms with Crippen molar-refractivity contribution in [2.45, 2.75) is 10.8 Å². The first-order valence-electron chi connectivity index (χ1n) is 7.64. The fourth-order valence-corrected chi connectivity index (χ4v) is 3.28. The second-order valence-corrected chi connectivity index (χ2v) is 6.33. The van der Waals surface area contributed by atoms with Crippen molar-refractivity contribution in [2.24, 2.45) is 0 Å². The van der Waals surface area contributed by atoms with Gasteiger partial charge in [-0.2, -0.15) is 8.78 Å². The lowest BCUT2D eigenvalue weighted by Crippen LogP contribution is -2.48. The van der Waals surface area contributed by atoms with E-state index in [9.17, 15) is 13.6 Å². The molecule has 2 aromatic rings. The number of anilines is 1. The fourth-order valence-electron chi connectivity index (χ4n) is 2.71. The molecule has 1 aromatic heterocycles. The van der Waals surface area contributed by atoms with Gasteiger partial charge in [0.1, 0.15) is 5.03 Å². The molecular weight excluding hydrogens is 332 g/mol. The van der Waals surface area contributed by atoms with E-state index in [0.29, 0.717) is 37.9 Å². The Morgan fingerprint density at radius 3 is 2.42 bits per heavy atom. The Labute approximate surface area is 143 Å². The number of pyridine rings is 1. The summed E-state index contributed by atoms with van der Waals surface area (Å²) in [4.78, 5) is 20.5. The summed E-state index contributed by atoms with van der Waals surface area (Å²) >= 11 is 0.312. The predicted octanol–water partition coefficient (Wildman–Crippen LogP) is 3.36. The molecule has 0 N–H and O–H groups in total. The van der Waals surface area contributed by atoms with Crippen molar-refractivity contribution in [1.82, 2.24) is 9.88 Å². The van der Waals surface area contributed by atoms with Gasteiger partial charge in [-0.15, -0.1) is 0 Å². The van der Waals surface area contributed by atoms with Crippen molar-refractivity contribution in [2.75, 3.05) is 31.1 Å². The zero-order valence-electron chi connectivity index (χ0n) is 12.9. The molecule has 4 nitrogen and oxygen atoms in total. The van der Waals surface area contributed by atoms with Gasteiger partial charge in [-0.1, -0.05) is 18.2 Å². The second kappa shape index (κ2) is 7.61. The first-order valence-corrected chi connectivity index (χ1v) is 8.52. The molecule has 1 aliphatic heterocycles. The molecule has 0 spiro atoms. The number of hydrogen-bond acceptors (Lipinski definition) is 4. The Morgan fingerprint density at radius 1 is 1.04 bits per heavy atom. The van der Waals surface area contributed by atoms with E-state index in [-0.39, 0.29) is 16.5 Å². The molecule has 0 unspecified atom stereocenters. The zero-order valence-corrected chi connectivity index (χ0v) is 13.8. The molecule has 1 fully saturated rings. The van der Waals surface area contributed by atoms with Crippen LogP contribution in [0, 0.1) is 0 Å². The van der Waals surface area contributed by atoms with E-state index in [1.165, 1.54) is 6.20 Å². The highest BCUT2D eigenvalue weighted by molar-refractivity contribution is 7.99. The molecule has 24 heavy (non-hydrogen) atoms. The van der Waals surface area contributed by atoms with Gasteiger partial charge in [0.25, 0.3) is 11.7 Å². The number of nitrogens with zero attached hydrogens (tertiary/aromatic N) is 3. The van der Waals surface area contributed by atoms with E-state index in [4.69, 9.17) is 0 Å². The summed E-state index contributed by atoms with van der Waals surface area (Å²) in [6.45, 7) is 2.55. The summed E-state index contributed by atoms with van der Waals surface area (Å²) in [5.74, 6) is -2.83. The molecule has 0 atom stereocenters. The summed E-state index contributed by atoms with van der Waals surface area (Å²) in [5, 5.41) is 0.0861. The number of piperazine rings is 1. The zero-order chi connectivity index (χ0) is 16.9. The molecule has 1 amide bonds. The summed E-state index contributed by atoms with van der Waals surface area (Å²) in [7, 11) is 0. The molecule has 0 saturated carbocycles. The van der Waals surface area contributed by atoms with E-state index >= 15 is 0 Å². The molecule has 0 bridgehead atoms. The third-order valence-electron chi connectivity index (χ3n) is 3.89. The molecule has 1 aliphatic rings. The first kappa shape index (κ1) is 16.7. The number of alkyl halides is 2. The van der Waals surface area contributed by atoms with Crippen molar-refractivity contribution >= 4 is 23.4 Å². The number of rotatable bonds is 4. The number of thioether (sulfide) groups is 1. The van der Waals surface area contributed by atoms with Gasteiger partial charge in [0, 0.05) is 38.1 Å². The Hall–Kier alpha value is -2.15. The van der Waals surface area contributed by atoms with Gasteiger partial charge in [-0.3, -0.25) is 4.79 Å². The van der Waals surface area contributed by atoms with Crippen molar-refractivity contribution in [1.29, 1.82) is 0 Å². The largest absolute Gasteiger partial charge is 0.368 e. The van der Waals surface area contributed by atoms with Gasteiger partial charge < -0.3 is 9.80 Å². The number of aromatic nitrogens is 1. The van der Waals surface area contributed by atoms with Crippen LogP contribution in [-0.4, -0.2) is 47.7 Å². The lowest BCUT2D eigenvalue weighted by Gasteiger charge is -2.36. The summed E-state index contributed by atoms with van der Waals surface area (Å²) in [5.41, 5.74) is 1.37. The Kier molecular flexibility index (Phi) is 5.30. The molecule has 126 valence electrons. The van der Waals surface area contributed by atoms with Crippen LogP contribution < -0.4 is 4.90 Å². The van der Waals surface area contributed by atoms with Crippen molar-refractivity contribution in [3.63, 3.8) is 0 Å². The standard InChI is InChI=1S/C17H17F2N3OS/c18-17(19)24-15-14(7-4-8-20-15)16(23)22-11-9-21(10-12-22)13-5-2-1-3-6-13/h1-8,17H,9-12H2. The van der Waals surface area contributed by atoms with Crippen molar-refractivity contribution in [3.8, 4) is 0 Å². The van der Waals surface area contributed by atoms with E-state index in [1.54, 1.807) is 17.0 Å². The van der Waals surface area contributed by atoms with Gasteiger partial charge in [-0.25, -0.2) is 4.98 Å². The average Bonchev–Trinajstić information content (AvgIpc) is 2.62. The van der Waals surface area contributed by atoms with E-state index in [2.05, 4.69) is 9.88 Å². The first-order chi connectivity index (χ1) is 11.6. The summed E-state index contributed by atoms with van der Waals surface area (Å²) in [6, 6.07) is 13.2. The van der Waals surface area contributed by atoms with Crippen LogP contribution in [0.1, 0.15) is 10.4 Å².